The Bertz CT molecular complexity index is 1830. The third kappa shape index (κ3) is 6.86. The molecular formula is C39H46ClFN8O2. The summed E-state index contributed by atoms with van der Waals surface area (Å²) in [6.07, 6.45) is 8.78. The van der Waals surface area contributed by atoms with Crippen molar-refractivity contribution in [2.75, 3.05) is 75.3 Å². The smallest absolute Gasteiger partial charge is 0.318 e. The predicted octanol–water partition coefficient (Wildman–Crippen LogP) is 5.38. The molecule has 12 heteroatoms. The normalized spacial score (nSPS) is 23.6. The van der Waals surface area contributed by atoms with Gasteiger partial charge in [0.1, 0.15) is 18.6 Å². The molecule has 2 atom stereocenters. The zero-order valence-corrected chi connectivity index (χ0v) is 29.9. The van der Waals surface area contributed by atoms with Gasteiger partial charge in [0.05, 0.1) is 41.3 Å². The van der Waals surface area contributed by atoms with E-state index in [2.05, 4.69) is 45.0 Å². The van der Waals surface area contributed by atoms with Crippen LogP contribution in [0.4, 0.5) is 15.9 Å². The summed E-state index contributed by atoms with van der Waals surface area (Å²) in [6, 6.07) is 14.7. The van der Waals surface area contributed by atoms with E-state index in [4.69, 9.17) is 26.3 Å². The Balaban J connectivity index is 1.06. The van der Waals surface area contributed by atoms with Gasteiger partial charge in [-0.25, -0.2) is 4.39 Å². The number of nitrogens with zero attached hydrogens (tertiary/aromatic N) is 8. The summed E-state index contributed by atoms with van der Waals surface area (Å²) in [5, 5.41) is 12.7. The van der Waals surface area contributed by atoms with Gasteiger partial charge < -0.3 is 19.4 Å². The molecule has 5 aliphatic rings. The first kappa shape index (κ1) is 34.1. The fourth-order valence-corrected chi connectivity index (χ4v) is 9.37. The van der Waals surface area contributed by atoms with E-state index in [1.807, 2.05) is 28.0 Å². The number of aromatic nitrogens is 2. The van der Waals surface area contributed by atoms with Gasteiger partial charge in [-0.1, -0.05) is 41.9 Å². The highest BCUT2D eigenvalue weighted by atomic mass is 35.5. The topological polar surface area (TPSA) is 92.1 Å². The number of hydrogen-bond acceptors (Lipinski definition) is 9. The number of carbonyl (C=O) groups is 1. The van der Waals surface area contributed by atoms with Gasteiger partial charge in [-0.2, -0.15) is 15.2 Å². The first-order chi connectivity index (χ1) is 24.9. The van der Waals surface area contributed by atoms with Gasteiger partial charge in [-0.15, -0.1) is 0 Å². The van der Waals surface area contributed by atoms with Crippen LogP contribution in [0, 0.1) is 11.3 Å². The van der Waals surface area contributed by atoms with E-state index in [9.17, 15) is 14.4 Å². The van der Waals surface area contributed by atoms with Crippen molar-refractivity contribution in [1.29, 1.82) is 5.26 Å². The fraction of sp³-hybridized carbons (Fsp3) is 0.538. The summed E-state index contributed by atoms with van der Waals surface area (Å²) < 4.78 is 20.2. The SMILES string of the molecule is N#CC[C@H]1CN(c2nc(OCC34CCCN3CCC4)nc3c2CCN(c2cccc4cccc(Cl)c24)C3)CCN1C(=O)/C=C/CN1CC[C@H](F)C1. The molecule has 0 aliphatic carbocycles. The lowest BCUT2D eigenvalue weighted by atomic mass is 9.95. The Kier molecular flexibility index (Phi) is 9.75. The molecule has 0 radical (unpaired) electrons. The second kappa shape index (κ2) is 14.6. The molecule has 4 saturated heterocycles. The van der Waals surface area contributed by atoms with E-state index >= 15 is 0 Å². The van der Waals surface area contributed by atoms with Gasteiger partial charge in [0.15, 0.2) is 0 Å². The number of hydrogen-bond donors (Lipinski definition) is 0. The lowest BCUT2D eigenvalue weighted by Gasteiger charge is -2.42. The van der Waals surface area contributed by atoms with Crippen LogP contribution in [0.15, 0.2) is 48.6 Å². The van der Waals surface area contributed by atoms with Crippen molar-refractivity contribution >= 4 is 39.8 Å². The number of amides is 1. The number of benzene rings is 2. The third-order valence-corrected chi connectivity index (χ3v) is 12.0. The zero-order chi connectivity index (χ0) is 35.0. The second-order valence-electron chi connectivity index (χ2n) is 14.8. The number of fused-ring (bicyclic) bond motifs is 3. The van der Waals surface area contributed by atoms with Crippen LogP contribution in [-0.4, -0.2) is 114 Å². The van der Waals surface area contributed by atoms with Gasteiger partial charge in [0.2, 0.25) is 5.91 Å². The summed E-state index contributed by atoms with van der Waals surface area (Å²) in [5.41, 5.74) is 3.18. The van der Waals surface area contributed by atoms with Crippen molar-refractivity contribution in [1.82, 2.24) is 24.7 Å². The van der Waals surface area contributed by atoms with Crippen LogP contribution < -0.4 is 14.5 Å². The number of likely N-dealkylation sites (tertiary alicyclic amines) is 1. The van der Waals surface area contributed by atoms with Crippen LogP contribution in [0.25, 0.3) is 10.8 Å². The molecule has 4 fully saturated rings. The van der Waals surface area contributed by atoms with E-state index in [1.54, 1.807) is 6.08 Å². The van der Waals surface area contributed by atoms with Crippen LogP contribution in [0.2, 0.25) is 5.02 Å². The van der Waals surface area contributed by atoms with Crippen LogP contribution in [0.3, 0.4) is 0 Å². The number of ether oxygens (including phenoxy) is 1. The maximum absolute atomic E-state index is 13.6. The monoisotopic (exact) mass is 712 g/mol. The fourth-order valence-electron chi connectivity index (χ4n) is 9.09. The molecule has 5 aliphatic heterocycles. The van der Waals surface area contributed by atoms with Crippen LogP contribution in [-0.2, 0) is 17.8 Å². The molecule has 1 amide bonds. The van der Waals surface area contributed by atoms with E-state index in [-0.39, 0.29) is 23.9 Å². The van der Waals surface area contributed by atoms with Crippen LogP contribution in [0.1, 0.15) is 49.8 Å². The number of nitriles is 1. The highest BCUT2D eigenvalue weighted by molar-refractivity contribution is 6.36. The quantitative estimate of drug-likeness (QED) is 0.271. The molecule has 0 saturated carbocycles. The van der Waals surface area contributed by atoms with Crippen molar-refractivity contribution in [2.24, 2.45) is 0 Å². The molecule has 2 aromatic carbocycles. The third-order valence-electron chi connectivity index (χ3n) is 11.7. The first-order valence-corrected chi connectivity index (χ1v) is 18.9. The molecule has 8 rings (SSSR count). The van der Waals surface area contributed by atoms with E-state index in [0.717, 1.165) is 77.5 Å². The predicted molar refractivity (Wildman–Crippen MR) is 197 cm³/mol. The summed E-state index contributed by atoms with van der Waals surface area (Å²) in [4.78, 5) is 34.6. The van der Waals surface area contributed by atoms with E-state index in [0.29, 0.717) is 64.9 Å². The standard InChI is InChI=1S/C39H46ClFN8O2/c40-32-8-1-6-28-7-2-9-34(36(28)32)46-21-13-31-33(26-46)43-38(51-27-39-14-4-18-48(39)19-5-15-39)44-37(31)47-22-23-49(30(25-47)11-16-42)35(50)10-3-17-45-20-12-29(41)24-45/h1-3,6-10,29-30H,4-5,11-15,17-27H2/b10-3+/t29-,30-/m0/s1. The molecule has 6 heterocycles. The molecule has 3 aromatic rings. The molecule has 0 bridgehead atoms. The number of rotatable bonds is 9. The van der Waals surface area contributed by atoms with Crippen molar-refractivity contribution in [2.45, 2.75) is 69.2 Å². The number of carbonyl (C=O) groups excluding carboxylic acids is 1. The Labute approximate surface area is 304 Å². The first-order valence-electron chi connectivity index (χ1n) is 18.6. The molecule has 0 unspecified atom stereocenters. The average Bonchev–Trinajstić information content (AvgIpc) is 3.86. The maximum atomic E-state index is 13.6. The van der Waals surface area contributed by atoms with Gasteiger partial charge in [-0.05, 0) is 69.1 Å². The maximum Gasteiger partial charge on any atom is 0.318 e. The van der Waals surface area contributed by atoms with E-state index < -0.39 is 6.17 Å². The minimum Gasteiger partial charge on any atom is -0.461 e. The summed E-state index contributed by atoms with van der Waals surface area (Å²) in [5.74, 6) is 0.735. The molecule has 51 heavy (non-hydrogen) atoms. The lowest BCUT2D eigenvalue weighted by molar-refractivity contribution is -0.128. The Morgan fingerprint density at radius 2 is 1.86 bits per heavy atom. The van der Waals surface area contributed by atoms with Gasteiger partial charge in [0.25, 0.3) is 0 Å². The zero-order valence-electron chi connectivity index (χ0n) is 29.2. The number of piperazine rings is 1. The van der Waals surface area contributed by atoms with Crippen LogP contribution >= 0.6 is 11.6 Å². The molecule has 1 aromatic heterocycles. The Morgan fingerprint density at radius 1 is 1.04 bits per heavy atom. The van der Waals surface area contributed by atoms with Crippen molar-refractivity contribution in [3.8, 4) is 12.1 Å². The summed E-state index contributed by atoms with van der Waals surface area (Å²) in [6.45, 7) is 7.40. The Hall–Kier alpha value is -3.98. The highest BCUT2D eigenvalue weighted by Gasteiger charge is 2.45. The minimum atomic E-state index is -0.791. The van der Waals surface area contributed by atoms with Crippen molar-refractivity contribution < 1.29 is 13.9 Å². The van der Waals surface area contributed by atoms with Crippen molar-refractivity contribution in [3.63, 3.8) is 0 Å². The van der Waals surface area contributed by atoms with Crippen LogP contribution in [0.5, 0.6) is 6.01 Å². The number of alkyl halides is 1. The molecule has 0 spiro atoms. The molecular weight excluding hydrogens is 667 g/mol. The van der Waals surface area contributed by atoms with Gasteiger partial charge >= 0.3 is 6.01 Å². The number of anilines is 2. The average molecular weight is 713 g/mol. The molecule has 268 valence electrons. The van der Waals surface area contributed by atoms with Gasteiger partial charge in [-0.3, -0.25) is 14.6 Å². The lowest BCUT2D eigenvalue weighted by Crippen LogP contribution is -2.55. The second-order valence-corrected chi connectivity index (χ2v) is 15.2. The van der Waals surface area contributed by atoms with Crippen molar-refractivity contribution in [3.05, 3.63) is 64.8 Å². The minimum absolute atomic E-state index is 0.0604. The van der Waals surface area contributed by atoms with Gasteiger partial charge in [0, 0.05) is 68.5 Å². The number of halogens is 2. The summed E-state index contributed by atoms with van der Waals surface area (Å²) >= 11 is 6.76. The highest BCUT2D eigenvalue weighted by Crippen LogP contribution is 2.40. The van der Waals surface area contributed by atoms with E-state index in [1.165, 1.54) is 12.8 Å². The Morgan fingerprint density at radius 3 is 2.65 bits per heavy atom. The largest absolute Gasteiger partial charge is 0.461 e. The molecule has 10 nitrogen and oxygen atoms in total. The molecule has 0 N–H and O–H groups in total. The summed E-state index contributed by atoms with van der Waals surface area (Å²) in [7, 11) is 0.